The Morgan fingerprint density at radius 1 is 1.39 bits per heavy atom. The molecule has 3 unspecified atom stereocenters. The zero-order valence-electron chi connectivity index (χ0n) is 11.9. The first-order chi connectivity index (χ1) is 8.49. The average molecular weight is 266 g/mol. The molecule has 0 aromatic carbocycles. The molecule has 0 spiro atoms. The molecule has 1 heterocycles. The lowest BCUT2D eigenvalue weighted by molar-refractivity contribution is -0.0157. The minimum Gasteiger partial charge on any atom is -0.393 e. The highest BCUT2D eigenvalue weighted by atomic mass is 32.1. The van der Waals surface area contributed by atoms with Crippen molar-refractivity contribution >= 4 is 11.3 Å². The predicted octanol–water partition coefficient (Wildman–Crippen LogP) is 4.50. The quantitative estimate of drug-likeness (QED) is 0.850. The van der Waals surface area contributed by atoms with E-state index >= 15 is 0 Å². The van der Waals surface area contributed by atoms with Crippen molar-refractivity contribution in [1.82, 2.24) is 0 Å². The Balaban J connectivity index is 1.93. The number of aliphatic hydroxyl groups is 1. The largest absolute Gasteiger partial charge is 0.393 e. The van der Waals surface area contributed by atoms with E-state index in [9.17, 15) is 5.11 Å². The summed E-state index contributed by atoms with van der Waals surface area (Å²) in [6.45, 7) is 6.94. The van der Waals surface area contributed by atoms with Gasteiger partial charge in [0.2, 0.25) is 0 Å². The highest BCUT2D eigenvalue weighted by molar-refractivity contribution is 7.09. The highest BCUT2D eigenvalue weighted by Gasteiger charge is 2.37. The minimum absolute atomic E-state index is 0.0907. The number of rotatable bonds is 4. The van der Waals surface area contributed by atoms with Crippen LogP contribution in [0, 0.1) is 17.3 Å². The zero-order chi connectivity index (χ0) is 13.2. The average Bonchev–Trinajstić information content (AvgIpc) is 2.78. The van der Waals surface area contributed by atoms with Crippen molar-refractivity contribution in [1.29, 1.82) is 0 Å². The van der Waals surface area contributed by atoms with Crippen LogP contribution in [0.4, 0.5) is 0 Å². The Morgan fingerprint density at radius 2 is 2.17 bits per heavy atom. The van der Waals surface area contributed by atoms with Gasteiger partial charge in [0.15, 0.2) is 0 Å². The van der Waals surface area contributed by atoms with Crippen LogP contribution >= 0.6 is 11.3 Å². The summed E-state index contributed by atoms with van der Waals surface area (Å²) in [6.07, 6.45) is 5.72. The first-order valence-corrected chi connectivity index (χ1v) is 8.07. The Morgan fingerprint density at radius 3 is 2.78 bits per heavy atom. The van der Waals surface area contributed by atoms with Crippen molar-refractivity contribution in [3.63, 3.8) is 0 Å². The third-order valence-electron chi connectivity index (χ3n) is 4.68. The van der Waals surface area contributed by atoms with Gasteiger partial charge in [-0.3, -0.25) is 0 Å². The molecule has 1 saturated carbocycles. The lowest BCUT2D eigenvalue weighted by Crippen LogP contribution is -2.38. The molecule has 0 amide bonds. The van der Waals surface area contributed by atoms with E-state index < -0.39 is 0 Å². The summed E-state index contributed by atoms with van der Waals surface area (Å²) in [5.74, 6) is 1.18. The summed E-state index contributed by atoms with van der Waals surface area (Å²) >= 11 is 1.85. The van der Waals surface area contributed by atoms with E-state index in [0.717, 1.165) is 12.8 Å². The predicted molar refractivity (Wildman–Crippen MR) is 78.9 cm³/mol. The molecule has 0 saturated heterocycles. The van der Waals surface area contributed by atoms with E-state index in [1.165, 1.54) is 24.1 Å². The van der Waals surface area contributed by atoms with E-state index in [1.807, 2.05) is 11.3 Å². The molecule has 2 heteroatoms. The molecule has 3 atom stereocenters. The number of hydrogen-bond donors (Lipinski definition) is 1. The van der Waals surface area contributed by atoms with Gasteiger partial charge in [-0.25, -0.2) is 0 Å². The fourth-order valence-electron chi connectivity index (χ4n) is 3.35. The van der Waals surface area contributed by atoms with E-state index in [1.54, 1.807) is 0 Å². The second kappa shape index (κ2) is 5.75. The number of aliphatic hydroxyl groups excluding tert-OH is 1. The van der Waals surface area contributed by atoms with Crippen LogP contribution in [-0.2, 0) is 6.42 Å². The molecule has 0 aliphatic heterocycles. The molecule has 1 aromatic rings. The normalized spacial score (nSPS) is 29.4. The summed E-state index contributed by atoms with van der Waals surface area (Å²) in [5, 5.41) is 12.5. The van der Waals surface area contributed by atoms with Crippen molar-refractivity contribution in [3.8, 4) is 0 Å². The zero-order valence-corrected chi connectivity index (χ0v) is 12.7. The Bertz CT molecular complexity index is 355. The molecule has 1 N–H and O–H groups in total. The van der Waals surface area contributed by atoms with Crippen molar-refractivity contribution in [3.05, 3.63) is 22.4 Å². The van der Waals surface area contributed by atoms with Crippen LogP contribution in [0.15, 0.2) is 17.5 Å². The van der Waals surface area contributed by atoms with Gasteiger partial charge in [0.05, 0.1) is 6.10 Å². The summed E-state index contributed by atoms with van der Waals surface area (Å²) in [4.78, 5) is 1.47. The highest BCUT2D eigenvalue weighted by Crippen LogP contribution is 2.43. The first-order valence-electron chi connectivity index (χ1n) is 7.19. The summed E-state index contributed by atoms with van der Waals surface area (Å²) in [5.41, 5.74) is 0.254. The van der Waals surface area contributed by atoms with Crippen molar-refractivity contribution in [2.24, 2.45) is 17.3 Å². The smallest absolute Gasteiger partial charge is 0.0576 e. The molecule has 1 aliphatic carbocycles. The number of thiophene rings is 1. The second-order valence-corrected chi connectivity index (χ2v) is 7.69. The van der Waals surface area contributed by atoms with Gasteiger partial charge in [0, 0.05) is 4.88 Å². The fraction of sp³-hybridized carbons (Fsp3) is 0.750. The molecule has 0 bridgehead atoms. The van der Waals surface area contributed by atoms with Gasteiger partial charge in [-0.05, 0) is 54.4 Å². The van der Waals surface area contributed by atoms with Gasteiger partial charge in [0.1, 0.15) is 0 Å². The van der Waals surface area contributed by atoms with Crippen LogP contribution in [0.25, 0.3) is 0 Å². The molecule has 1 nitrogen and oxygen atoms in total. The van der Waals surface area contributed by atoms with Crippen LogP contribution in [-0.4, -0.2) is 11.2 Å². The molecule has 1 aliphatic rings. The standard InChI is InChI=1S/C16H26OS/c1-12-6-7-14(15(17)11-12)16(2,3)9-8-13-5-4-10-18-13/h4-5,10,12,14-15,17H,6-9,11H2,1-3H3. The molecule has 102 valence electrons. The maximum Gasteiger partial charge on any atom is 0.0576 e. The van der Waals surface area contributed by atoms with Crippen molar-refractivity contribution in [2.75, 3.05) is 0 Å². The topological polar surface area (TPSA) is 20.2 Å². The van der Waals surface area contributed by atoms with Crippen LogP contribution in [0.5, 0.6) is 0 Å². The molecule has 2 rings (SSSR count). The Hall–Kier alpha value is -0.340. The third-order valence-corrected chi connectivity index (χ3v) is 5.61. The Labute approximate surface area is 115 Å². The van der Waals surface area contributed by atoms with Gasteiger partial charge >= 0.3 is 0 Å². The summed E-state index contributed by atoms with van der Waals surface area (Å²) < 4.78 is 0. The van der Waals surface area contributed by atoms with Crippen LogP contribution < -0.4 is 0 Å². The van der Waals surface area contributed by atoms with Crippen LogP contribution in [0.3, 0.4) is 0 Å². The lowest BCUT2D eigenvalue weighted by atomic mass is 9.65. The summed E-state index contributed by atoms with van der Waals surface area (Å²) in [7, 11) is 0. The molecule has 18 heavy (non-hydrogen) atoms. The maximum atomic E-state index is 10.3. The van der Waals surface area contributed by atoms with Crippen molar-refractivity contribution in [2.45, 2.75) is 59.0 Å². The molecule has 1 fully saturated rings. The SMILES string of the molecule is CC1CCC(C(C)(C)CCc2cccs2)C(O)C1. The first kappa shape index (κ1) is 14.1. The maximum absolute atomic E-state index is 10.3. The molecular formula is C16H26OS. The van der Waals surface area contributed by atoms with Gasteiger partial charge in [-0.15, -0.1) is 11.3 Å². The van der Waals surface area contributed by atoms with E-state index in [-0.39, 0.29) is 11.5 Å². The van der Waals surface area contributed by atoms with E-state index in [4.69, 9.17) is 0 Å². The van der Waals surface area contributed by atoms with Gasteiger partial charge in [0.25, 0.3) is 0 Å². The molecule has 0 radical (unpaired) electrons. The molecule has 1 aromatic heterocycles. The summed E-state index contributed by atoms with van der Waals surface area (Å²) in [6, 6.07) is 4.35. The van der Waals surface area contributed by atoms with Gasteiger partial charge in [-0.2, -0.15) is 0 Å². The third kappa shape index (κ3) is 3.36. The van der Waals surface area contributed by atoms with Crippen LogP contribution in [0.2, 0.25) is 0 Å². The number of aryl methyl sites for hydroxylation is 1. The fourth-order valence-corrected chi connectivity index (χ4v) is 4.06. The number of hydrogen-bond acceptors (Lipinski definition) is 2. The van der Waals surface area contributed by atoms with Crippen LogP contribution in [0.1, 0.15) is 51.3 Å². The lowest BCUT2D eigenvalue weighted by Gasteiger charge is -2.42. The van der Waals surface area contributed by atoms with Crippen molar-refractivity contribution < 1.29 is 5.11 Å². The minimum atomic E-state index is -0.0907. The van der Waals surface area contributed by atoms with Gasteiger partial charge in [-0.1, -0.05) is 33.3 Å². The second-order valence-electron chi connectivity index (χ2n) is 6.66. The monoisotopic (exact) mass is 266 g/mol. The van der Waals surface area contributed by atoms with Gasteiger partial charge < -0.3 is 5.11 Å². The van der Waals surface area contributed by atoms with E-state index in [2.05, 4.69) is 38.3 Å². The van der Waals surface area contributed by atoms with E-state index in [0.29, 0.717) is 11.8 Å². The Kier molecular flexibility index (Phi) is 4.50. The molecular weight excluding hydrogens is 240 g/mol.